The number of aromatic hydroxyl groups is 1. The molecule has 29 heavy (non-hydrogen) atoms. The average Bonchev–Trinajstić information content (AvgIpc) is 3.23. The standard InChI is InChI=1S/C22H18N2O5/c1-13(20-23-24-21(29-20)14-7-9-17(27-2)10-8-14)28-22(26)18-11-15-5-3-4-6-16(15)12-19(18)25/h3-13,25H,1-2H3/t13-/m1/s1. The van der Waals surface area contributed by atoms with Gasteiger partial charge < -0.3 is 19.0 Å². The first kappa shape index (κ1) is 18.5. The van der Waals surface area contributed by atoms with Crippen molar-refractivity contribution >= 4 is 16.7 Å². The Hall–Kier alpha value is -3.87. The second kappa shape index (κ2) is 7.63. The van der Waals surface area contributed by atoms with E-state index in [4.69, 9.17) is 13.9 Å². The topological polar surface area (TPSA) is 94.7 Å². The largest absolute Gasteiger partial charge is 0.507 e. The number of hydrogen-bond donors (Lipinski definition) is 1. The number of fused-ring (bicyclic) bond motifs is 1. The van der Waals surface area contributed by atoms with Crippen LogP contribution < -0.4 is 4.74 Å². The minimum Gasteiger partial charge on any atom is -0.507 e. The molecule has 4 rings (SSSR count). The van der Waals surface area contributed by atoms with Gasteiger partial charge in [-0.2, -0.15) is 0 Å². The van der Waals surface area contributed by atoms with Crippen molar-refractivity contribution in [3.8, 4) is 23.0 Å². The molecule has 0 spiro atoms. The van der Waals surface area contributed by atoms with Crippen LogP contribution in [-0.4, -0.2) is 28.4 Å². The molecule has 0 bridgehead atoms. The lowest BCUT2D eigenvalue weighted by atomic mass is 10.1. The fourth-order valence-corrected chi connectivity index (χ4v) is 2.92. The number of esters is 1. The zero-order valence-corrected chi connectivity index (χ0v) is 15.8. The van der Waals surface area contributed by atoms with Gasteiger partial charge in [-0.1, -0.05) is 24.3 Å². The van der Waals surface area contributed by atoms with Gasteiger partial charge in [0.05, 0.1) is 7.11 Å². The highest BCUT2D eigenvalue weighted by Crippen LogP contribution is 2.28. The Bertz CT molecular complexity index is 1170. The Kier molecular flexibility index (Phi) is 4.87. The van der Waals surface area contributed by atoms with Gasteiger partial charge in [0.1, 0.15) is 17.1 Å². The van der Waals surface area contributed by atoms with E-state index in [1.807, 2.05) is 24.3 Å². The number of phenolic OH excluding ortho intramolecular Hbond substituents is 1. The predicted molar refractivity (Wildman–Crippen MR) is 106 cm³/mol. The van der Waals surface area contributed by atoms with Crippen LogP contribution in [0.5, 0.6) is 11.5 Å². The summed E-state index contributed by atoms with van der Waals surface area (Å²) in [6.45, 7) is 1.63. The van der Waals surface area contributed by atoms with Gasteiger partial charge in [-0.15, -0.1) is 10.2 Å². The number of phenols is 1. The molecule has 0 aliphatic carbocycles. The Morgan fingerprint density at radius 3 is 2.41 bits per heavy atom. The number of rotatable bonds is 5. The predicted octanol–water partition coefficient (Wildman–Crippen LogP) is 4.52. The molecule has 1 N–H and O–H groups in total. The van der Waals surface area contributed by atoms with Gasteiger partial charge in [0.15, 0.2) is 6.10 Å². The lowest BCUT2D eigenvalue weighted by molar-refractivity contribution is 0.0277. The van der Waals surface area contributed by atoms with Crippen molar-refractivity contribution in [3.05, 3.63) is 72.1 Å². The number of methoxy groups -OCH3 is 1. The van der Waals surface area contributed by atoms with E-state index < -0.39 is 12.1 Å². The maximum atomic E-state index is 12.6. The second-order valence-corrected chi connectivity index (χ2v) is 6.44. The molecule has 3 aromatic carbocycles. The van der Waals surface area contributed by atoms with Crippen LogP contribution in [0.2, 0.25) is 0 Å². The van der Waals surface area contributed by atoms with Crippen LogP contribution in [-0.2, 0) is 4.74 Å². The summed E-state index contributed by atoms with van der Waals surface area (Å²) < 4.78 is 16.2. The fourth-order valence-electron chi connectivity index (χ4n) is 2.92. The van der Waals surface area contributed by atoms with Crippen LogP contribution in [0.25, 0.3) is 22.2 Å². The van der Waals surface area contributed by atoms with Gasteiger partial charge in [0.2, 0.25) is 5.89 Å². The lowest BCUT2D eigenvalue weighted by Crippen LogP contribution is -2.10. The first-order valence-electron chi connectivity index (χ1n) is 8.95. The Morgan fingerprint density at radius 1 is 1.03 bits per heavy atom. The Balaban J connectivity index is 1.52. The number of carbonyl (C=O) groups is 1. The Morgan fingerprint density at radius 2 is 1.72 bits per heavy atom. The zero-order chi connectivity index (χ0) is 20.4. The third-order valence-corrected chi connectivity index (χ3v) is 4.49. The van der Waals surface area contributed by atoms with Crippen molar-refractivity contribution in [3.63, 3.8) is 0 Å². The summed E-state index contributed by atoms with van der Waals surface area (Å²) >= 11 is 0. The highest BCUT2D eigenvalue weighted by atomic mass is 16.6. The third kappa shape index (κ3) is 3.75. The van der Waals surface area contributed by atoms with Crippen LogP contribution in [0.15, 0.2) is 65.1 Å². The summed E-state index contributed by atoms with van der Waals surface area (Å²) in [5.41, 5.74) is 0.792. The van der Waals surface area contributed by atoms with Crippen LogP contribution in [0, 0.1) is 0 Å². The maximum absolute atomic E-state index is 12.6. The van der Waals surface area contributed by atoms with Crippen molar-refractivity contribution in [1.29, 1.82) is 0 Å². The van der Waals surface area contributed by atoms with E-state index in [0.29, 0.717) is 11.6 Å². The maximum Gasteiger partial charge on any atom is 0.342 e. The summed E-state index contributed by atoms with van der Waals surface area (Å²) in [5.74, 6) is 0.352. The number of hydrogen-bond acceptors (Lipinski definition) is 7. The summed E-state index contributed by atoms with van der Waals surface area (Å²) in [4.78, 5) is 12.6. The van der Waals surface area contributed by atoms with Crippen molar-refractivity contribution in [2.45, 2.75) is 13.0 Å². The summed E-state index contributed by atoms with van der Waals surface area (Å²) in [6.07, 6.45) is -0.784. The van der Waals surface area contributed by atoms with Gasteiger partial charge in [-0.3, -0.25) is 0 Å². The molecule has 0 radical (unpaired) electrons. The second-order valence-electron chi connectivity index (χ2n) is 6.44. The molecule has 0 aliphatic heterocycles. The van der Waals surface area contributed by atoms with Crippen LogP contribution in [0.4, 0.5) is 0 Å². The molecule has 7 heteroatoms. The van der Waals surface area contributed by atoms with Crippen molar-refractivity contribution in [2.24, 2.45) is 0 Å². The molecular formula is C22H18N2O5. The quantitative estimate of drug-likeness (QED) is 0.501. The third-order valence-electron chi connectivity index (χ3n) is 4.49. The molecule has 0 amide bonds. The molecule has 4 aromatic rings. The fraction of sp³-hybridized carbons (Fsp3) is 0.136. The minimum atomic E-state index is -0.784. The molecule has 1 aromatic heterocycles. The molecule has 0 unspecified atom stereocenters. The smallest absolute Gasteiger partial charge is 0.342 e. The van der Waals surface area contributed by atoms with Crippen LogP contribution >= 0.6 is 0 Å². The van der Waals surface area contributed by atoms with Crippen molar-refractivity contribution in [1.82, 2.24) is 10.2 Å². The average molecular weight is 390 g/mol. The van der Waals surface area contributed by atoms with Gasteiger partial charge >= 0.3 is 5.97 Å². The van der Waals surface area contributed by atoms with E-state index in [1.54, 1.807) is 44.4 Å². The number of aromatic nitrogens is 2. The van der Waals surface area contributed by atoms with Crippen LogP contribution in [0.1, 0.15) is 29.3 Å². The van der Waals surface area contributed by atoms with Crippen molar-refractivity contribution in [2.75, 3.05) is 7.11 Å². The van der Waals surface area contributed by atoms with Gasteiger partial charge in [0, 0.05) is 5.56 Å². The highest BCUT2D eigenvalue weighted by Gasteiger charge is 2.22. The van der Waals surface area contributed by atoms with E-state index in [-0.39, 0.29) is 17.2 Å². The summed E-state index contributed by atoms with van der Waals surface area (Å²) in [5, 5.41) is 19.8. The molecule has 0 saturated heterocycles. The molecular weight excluding hydrogens is 372 g/mol. The van der Waals surface area contributed by atoms with Gasteiger partial charge in [0.25, 0.3) is 5.89 Å². The van der Waals surface area contributed by atoms with Gasteiger partial charge in [-0.25, -0.2) is 4.79 Å². The minimum absolute atomic E-state index is 0.0745. The number of carbonyl (C=O) groups excluding carboxylic acids is 1. The van der Waals surface area contributed by atoms with E-state index in [0.717, 1.165) is 16.3 Å². The first-order valence-corrected chi connectivity index (χ1v) is 8.95. The zero-order valence-electron chi connectivity index (χ0n) is 15.8. The molecule has 1 atom stereocenters. The lowest BCUT2D eigenvalue weighted by Gasteiger charge is -2.11. The SMILES string of the molecule is COc1ccc(-c2nnc([C@@H](C)OC(=O)c3cc4ccccc4cc3O)o2)cc1. The van der Waals surface area contributed by atoms with Crippen LogP contribution in [0.3, 0.4) is 0 Å². The number of nitrogens with zero attached hydrogens (tertiary/aromatic N) is 2. The highest BCUT2D eigenvalue weighted by molar-refractivity contribution is 5.98. The molecule has 0 fully saturated rings. The molecule has 0 saturated carbocycles. The monoisotopic (exact) mass is 390 g/mol. The number of ether oxygens (including phenoxy) is 2. The summed E-state index contributed by atoms with van der Waals surface area (Å²) in [6, 6.07) is 17.7. The van der Waals surface area contributed by atoms with E-state index in [9.17, 15) is 9.90 Å². The van der Waals surface area contributed by atoms with E-state index >= 15 is 0 Å². The molecule has 1 heterocycles. The Labute approximate surface area is 166 Å². The van der Waals surface area contributed by atoms with E-state index in [1.165, 1.54) is 6.07 Å². The number of benzene rings is 3. The normalized spacial score (nSPS) is 11.9. The van der Waals surface area contributed by atoms with Crippen molar-refractivity contribution < 1.29 is 23.8 Å². The molecule has 146 valence electrons. The van der Waals surface area contributed by atoms with Gasteiger partial charge in [-0.05, 0) is 54.1 Å². The van der Waals surface area contributed by atoms with E-state index in [2.05, 4.69) is 10.2 Å². The molecule has 0 aliphatic rings. The summed E-state index contributed by atoms with van der Waals surface area (Å²) in [7, 11) is 1.59. The first-order chi connectivity index (χ1) is 14.0. The molecule has 7 nitrogen and oxygen atoms in total.